The molecule has 2 rings (SSSR count). The Morgan fingerprint density at radius 3 is 2.91 bits per heavy atom. The van der Waals surface area contributed by atoms with Crippen LogP contribution in [0.2, 0.25) is 0 Å². The zero-order valence-corrected chi connectivity index (χ0v) is 6.17. The van der Waals surface area contributed by atoms with E-state index < -0.39 is 0 Å². The highest BCUT2D eigenvalue weighted by molar-refractivity contribution is 5.12. The summed E-state index contributed by atoms with van der Waals surface area (Å²) >= 11 is 0. The van der Waals surface area contributed by atoms with Gasteiger partial charge in [-0.2, -0.15) is 0 Å². The Balaban J connectivity index is 2.16. The fourth-order valence-corrected chi connectivity index (χ4v) is 1.22. The van der Waals surface area contributed by atoms with E-state index in [4.69, 9.17) is 0 Å². The van der Waals surface area contributed by atoms with Gasteiger partial charge in [0.05, 0.1) is 12.4 Å². The van der Waals surface area contributed by atoms with Crippen molar-refractivity contribution < 1.29 is 0 Å². The maximum Gasteiger partial charge on any atom is 0.0951 e. The van der Waals surface area contributed by atoms with Crippen molar-refractivity contribution in [2.24, 2.45) is 0 Å². The van der Waals surface area contributed by atoms with Crippen molar-refractivity contribution in [1.29, 1.82) is 0 Å². The summed E-state index contributed by atoms with van der Waals surface area (Å²) in [5, 5.41) is 6.58. The number of rotatable bonds is 1. The topological polar surface area (TPSA) is 37.0 Å². The van der Waals surface area contributed by atoms with Crippen LogP contribution in [0.25, 0.3) is 0 Å². The Bertz CT molecular complexity index is 216. The second-order valence-electron chi connectivity index (χ2n) is 2.55. The molecule has 0 unspecified atom stereocenters. The van der Waals surface area contributed by atoms with Gasteiger partial charge in [0.1, 0.15) is 0 Å². The Kier molecular flexibility index (Phi) is 1.83. The Morgan fingerprint density at radius 1 is 1.45 bits per heavy atom. The van der Waals surface area contributed by atoms with Crippen molar-refractivity contribution in [1.82, 2.24) is 15.6 Å². The average Bonchev–Trinajstić information content (AvgIpc) is 2.58. The van der Waals surface area contributed by atoms with Crippen LogP contribution in [-0.4, -0.2) is 18.1 Å². The van der Waals surface area contributed by atoms with Crippen molar-refractivity contribution in [2.75, 3.05) is 13.1 Å². The molecule has 0 saturated carbocycles. The molecule has 0 aromatic carbocycles. The van der Waals surface area contributed by atoms with E-state index in [2.05, 4.69) is 21.8 Å². The third-order valence-corrected chi connectivity index (χ3v) is 1.76. The molecule has 1 aromatic heterocycles. The molecule has 1 fully saturated rings. The molecular formula is C8H10N3. The number of pyridine rings is 1. The van der Waals surface area contributed by atoms with Crippen molar-refractivity contribution in [3.63, 3.8) is 0 Å². The Hall–Kier alpha value is -0.930. The van der Waals surface area contributed by atoms with Gasteiger partial charge in [-0.3, -0.25) is 15.6 Å². The summed E-state index contributed by atoms with van der Waals surface area (Å²) in [6.07, 6.45) is 4.92. The third kappa shape index (κ3) is 1.39. The summed E-state index contributed by atoms with van der Waals surface area (Å²) in [5.41, 5.74) is 1.09. The summed E-state index contributed by atoms with van der Waals surface area (Å²) in [7, 11) is 0. The molecule has 1 radical (unpaired) electrons. The molecular weight excluding hydrogens is 138 g/mol. The quantitative estimate of drug-likeness (QED) is 0.592. The summed E-state index contributed by atoms with van der Waals surface area (Å²) in [5.74, 6) is 0. The monoisotopic (exact) mass is 148 g/mol. The van der Waals surface area contributed by atoms with Crippen molar-refractivity contribution in [2.45, 2.75) is 6.17 Å². The molecule has 57 valence electrons. The van der Waals surface area contributed by atoms with Crippen LogP contribution < -0.4 is 10.6 Å². The zero-order valence-electron chi connectivity index (χ0n) is 6.17. The van der Waals surface area contributed by atoms with Gasteiger partial charge in [0, 0.05) is 24.8 Å². The fraction of sp³-hybridized carbons (Fsp3) is 0.375. The molecule has 1 aliphatic rings. The van der Waals surface area contributed by atoms with Crippen LogP contribution >= 0.6 is 0 Å². The number of nitrogens with zero attached hydrogens (tertiary/aromatic N) is 1. The number of hydrogen-bond donors (Lipinski definition) is 2. The fourth-order valence-electron chi connectivity index (χ4n) is 1.22. The lowest BCUT2D eigenvalue weighted by Gasteiger charge is -2.08. The molecule has 1 aromatic rings. The molecule has 0 amide bonds. The van der Waals surface area contributed by atoms with Crippen molar-refractivity contribution in [3.8, 4) is 0 Å². The van der Waals surface area contributed by atoms with Crippen molar-refractivity contribution in [3.05, 3.63) is 30.1 Å². The molecule has 2 N–H and O–H groups in total. The van der Waals surface area contributed by atoms with Gasteiger partial charge >= 0.3 is 0 Å². The minimum atomic E-state index is 0.253. The van der Waals surface area contributed by atoms with Gasteiger partial charge in [0.2, 0.25) is 0 Å². The molecule has 0 aliphatic carbocycles. The van der Waals surface area contributed by atoms with Gasteiger partial charge in [-0.25, -0.2) is 0 Å². The second kappa shape index (κ2) is 2.98. The summed E-state index contributed by atoms with van der Waals surface area (Å²) in [4.78, 5) is 3.92. The molecule has 3 nitrogen and oxygen atoms in total. The van der Waals surface area contributed by atoms with Crippen LogP contribution in [0.4, 0.5) is 0 Å². The molecule has 1 aliphatic heterocycles. The molecule has 1 saturated heterocycles. The first-order chi connectivity index (χ1) is 5.47. The average molecular weight is 148 g/mol. The highest BCUT2D eigenvalue weighted by atomic mass is 15.2. The van der Waals surface area contributed by atoms with E-state index in [9.17, 15) is 0 Å². The van der Waals surface area contributed by atoms with E-state index in [0.717, 1.165) is 18.7 Å². The Labute approximate surface area is 65.8 Å². The van der Waals surface area contributed by atoms with Crippen LogP contribution in [0, 0.1) is 6.20 Å². The minimum Gasteiger partial charge on any atom is -0.297 e. The van der Waals surface area contributed by atoms with Gasteiger partial charge in [-0.15, -0.1) is 0 Å². The van der Waals surface area contributed by atoms with Crippen LogP contribution in [0.1, 0.15) is 11.7 Å². The third-order valence-electron chi connectivity index (χ3n) is 1.76. The lowest BCUT2D eigenvalue weighted by molar-refractivity contribution is 0.585. The standard InChI is InChI=1S/C8H10N3/c1-2-7(6-9-3-1)8-10-4-5-11-8/h1-3,8,10-11H,4-5H2. The van der Waals surface area contributed by atoms with E-state index in [0.29, 0.717) is 0 Å². The van der Waals surface area contributed by atoms with Crippen LogP contribution in [-0.2, 0) is 0 Å². The molecule has 0 spiro atoms. The van der Waals surface area contributed by atoms with Gasteiger partial charge in [0.15, 0.2) is 0 Å². The molecule has 0 bridgehead atoms. The van der Waals surface area contributed by atoms with Crippen LogP contribution in [0.15, 0.2) is 18.3 Å². The highest BCUT2D eigenvalue weighted by Crippen LogP contribution is 2.08. The van der Waals surface area contributed by atoms with Crippen LogP contribution in [0.5, 0.6) is 0 Å². The van der Waals surface area contributed by atoms with Gasteiger partial charge in [0.25, 0.3) is 0 Å². The van der Waals surface area contributed by atoms with E-state index >= 15 is 0 Å². The lowest BCUT2D eigenvalue weighted by Crippen LogP contribution is -2.21. The second-order valence-corrected chi connectivity index (χ2v) is 2.55. The predicted molar refractivity (Wildman–Crippen MR) is 41.8 cm³/mol. The van der Waals surface area contributed by atoms with Gasteiger partial charge < -0.3 is 0 Å². The largest absolute Gasteiger partial charge is 0.297 e. The first-order valence-electron chi connectivity index (χ1n) is 3.76. The number of nitrogens with one attached hydrogen (secondary N) is 2. The zero-order chi connectivity index (χ0) is 7.52. The van der Waals surface area contributed by atoms with E-state index in [1.807, 2.05) is 12.1 Å². The maximum atomic E-state index is 3.92. The smallest absolute Gasteiger partial charge is 0.0951 e. The Morgan fingerprint density at radius 2 is 2.27 bits per heavy atom. The van der Waals surface area contributed by atoms with E-state index in [-0.39, 0.29) is 6.17 Å². The van der Waals surface area contributed by atoms with Crippen molar-refractivity contribution >= 4 is 0 Å². The van der Waals surface area contributed by atoms with E-state index in [1.54, 1.807) is 6.20 Å². The normalized spacial score (nSPS) is 18.9. The SMILES string of the molecule is [c]1ncccc1C1NCCN1. The van der Waals surface area contributed by atoms with E-state index in [1.165, 1.54) is 0 Å². The highest BCUT2D eigenvalue weighted by Gasteiger charge is 2.14. The molecule has 11 heavy (non-hydrogen) atoms. The summed E-state index contributed by atoms with van der Waals surface area (Å²) < 4.78 is 0. The van der Waals surface area contributed by atoms with Gasteiger partial charge in [-0.1, -0.05) is 6.07 Å². The van der Waals surface area contributed by atoms with Crippen LogP contribution in [0.3, 0.4) is 0 Å². The number of hydrogen-bond acceptors (Lipinski definition) is 3. The van der Waals surface area contributed by atoms with Gasteiger partial charge in [-0.05, 0) is 6.07 Å². The summed E-state index contributed by atoms with van der Waals surface area (Å²) in [6.45, 7) is 2.04. The minimum absolute atomic E-state index is 0.253. The predicted octanol–water partition coefficient (Wildman–Crippen LogP) is 0.0732. The first-order valence-corrected chi connectivity index (χ1v) is 3.76. The molecule has 3 heteroatoms. The first kappa shape index (κ1) is 6.76. The molecule has 0 atom stereocenters. The lowest BCUT2D eigenvalue weighted by atomic mass is 10.2. The number of aromatic nitrogens is 1. The maximum absolute atomic E-state index is 3.92. The molecule has 2 heterocycles. The summed E-state index contributed by atoms with van der Waals surface area (Å²) in [6, 6.07) is 3.94.